The van der Waals surface area contributed by atoms with Crippen LogP contribution in [0.4, 0.5) is 0 Å². The van der Waals surface area contributed by atoms with Crippen LogP contribution < -0.4 is 5.73 Å². The Hall–Kier alpha value is -1.61. The number of carbonyl (C=O) groups is 1. The maximum absolute atomic E-state index is 10.3. The molecule has 0 saturated heterocycles. The van der Waals surface area contributed by atoms with Gasteiger partial charge in [0.05, 0.1) is 0 Å². The van der Waals surface area contributed by atoms with Gasteiger partial charge in [0.15, 0.2) is 0 Å². The van der Waals surface area contributed by atoms with Crippen LogP contribution in [0.15, 0.2) is 48.6 Å². The SMILES string of the molecule is CCCCCC=CCC=CCC=CCC=CCCCC(=O)O.CN. The molecule has 24 heavy (non-hydrogen) atoms. The van der Waals surface area contributed by atoms with Crippen molar-refractivity contribution in [2.75, 3.05) is 7.05 Å². The van der Waals surface area contributed by atoms with E-state index in [1.807, 2.05) is 0 Å². The molecule has 3 nitrogen and oxygen atoms in total. The van der Waals surface area contributed by atoms with E-state index in [1.54, 1.807) is 0 Å². The van der Waals surface area contributed by atoms with Gasteiger partial charge in [-0.25, -0.2) is 0 Å². The summed E-state index contributed by atoms with van der Waals surface area (Å²) in [5.74, 6) is -0.712. The minimum Gasteiger partial charge on any atom is -0.481 e. The minimum atomic E-state index is -0.712. The van der Waals surface area contributed by atoms with Crippen molar-refractivity contribution < 1.29 is 9.90 Å². The van der Waals surface area contributed by atoms with E-state index in [0.717, 1.165) is 32.1 Å². The molecule has 0 spiro atoms. The van der Waals surface area contributed by atoms with E-state index in [4.69, 9.17) is 5.11 Å². The van der Waals surface area contributed by atoms with E-state index >= 15 is 0 Å². The van der Waals surface area contributed by atoms with Crippen molar-refractivity contribution in [3.63, 3.8) is 0 Å². The average molecular weight is 336 g/mol. The van der Waals surface area contributed by atoms with Gasteiger partial charge in [0.1, 0.15) is 0 Å². The number of nitrogens with two attached hydrogens (primary N) is 1. The third kappa shape index (κ3) is 25.3. The van der Waals surface area contributed by atoms with Crippen LogP contribution in [0.25, 0.3) is 0 Å². The summed E-state index contributed by atoms with van der Waals surface area (Å²) in [6.45, 7) is 2.23. The van der Waals surface area contributed by atoms with Crippen LogP contribution in [0, 0.1) is 0 Å². The number of hydrogen-bond donors (Lipinski definition) is 2. The fourth-order valence-corrected chi connectivity index (χ4v) is 1.93. The van der Waals surface area contributed by atoms with Crippen molar-refractivity contribution in [3.05, 3.63) is 48.6 Å². The lowest BCUT2D eigenvalue weighted by Crippen LogP contribution is -1.92. The molecule has 0 aromatic rings. The molecule has 0 amide bonds. The van der Waals surface area contributed by atoms with Gasteiger partial charge in [0.2, 0.25) is 0 Å². The topological polar surface area (TPSA) is 63.3 Å². The molecule has 0 rings (SSSR count). The first kappa shape index (κ1) is 24.6. The second-order valence-electron chi connectivity index (χ2n) is 5.37. The summed E-state index contributed by atoms with van der Waals surface area (Å²) >= 11 is 0. The Bertz CT molecular complexity index is 368. The van der Waals surface area contributed by atoms with Crippen molar-refractivity contribution in [3.8, 4) is 0 Å². The van der Waals surface area contributed by atoms with Crippen molar-refractivity contribution in [2.45, 2.75) is 71.1 Å². The summed E-state index contributed by atoms with van der Waals surface area (Å²) in [6, 6.07) is 0. The Balaban J connectivity index is 0. The van der Waals surface area contributed by atoms with Gasteiger partial charge in [-0.05, 0) is 52.0 Å². The van der Waals surface area contributed by atoms with Crippen LogP contribution in [0.3, 0.4) is 0 Å². The lowest BCUT2D eigenvalue weighted by molar-refractivity contribution is -0.137. The van der Waals surface area contributed by atoms with Crippen LogP contribution >= 0.6 is 0 Å². The molecule has 0 bridgehead atoms. The summed E-state index contributed by atoms with van der Waals surface area (Å²) in [5.41, 5.74) is 4.50. The van der Waals surface area contributed by atoms with Gasteiger partial charge < -0.3 is 10.8 Å². The van der Waals surface area contributed by atoms with E-state index in [-0.39, 0.29) is 6.42 Å². The van der Waals surface area contributed by atoms with Crippen LogP contribution in [0.2, 0.25) is 0 Å². The molecule has 0 saturated carbocycles. The zero-order valence-electron chi connectivity index (χ0n) is 15.6. The molecule has 0 heterocycles. The number of hydrogen-bond acceptors (Lipinski definition) is 2. The molecule has 0 radical (unpaired) electrons. The molecule has 0 unspecified atom stereocenters. The van der Waals surface area contributed by atoms with Gasteiger partial charge in [-0.1, -0.05) is 68.4 Å². The van der Waals surface area contributed by atoms with Crippen LogP contribution in [0.5, 0.6) is 0 Å². The van der Waals surface area contributed by atoms with Crippen molar-refractivity contribution in [1.29, 1.82) is 0 Å². The third-order valence-corrected chi connectivity index (χ3v) is 3.22. The quantitative estimate of drug-likeness (QED) is 0.312. The highest BCUT2D eigenvalue weighted by Crippen LogP contribution is 2.01. The van der Waals surface area contributed by atoms with E-state index in [2.05, 4.69) is 61.3 Å². The molecule has 3 N–H and O–H groups in total. The summed E-state index contributed by atoms with van der Waals surface area (Å²) in [6.07, 6.45) is 27.3. The largest absolute Gasteiger partial charge is 0.481 e. The second-order valence-corrected chi connectivity index (χ2v) is 5.37. The Morgan fingerprint density at radius 3 is 1.58 bits per heavy atom. The monoisotopic (exact) mass is 335 g/mol. The lowest BCUT2D eigenvalue weighted by Gasteiger charge is -1.90. The lowest BCUT2D eigenvalue weighted by atomic mass is 10.2. The predicted molar refractivity (Wildman–Crippen MR) is 106 cm³/mol. The standard InChI is InChI=1S/C20H32O2.CH5N/c1-2-3-4-5-6-7-8-9-10-11-12-13-14-15-16-17-18-19-20(21)22;1-2/h6-7,9-10,12-13,15-16H,2-5,8,11,14,17-19H2,1H3,(H,21,22);2H2,1H3. The molecule has 0 aliphatic heterocycles. The van der Waals surface area contributed by atoms with E-state index in [1.165, 1.54) is 32.7 Å². The normalized spacial score (nSPS) is 11.6. The highest BCUT2D eigenvalue weighted by Gasteiger charge is 1.92. The number of aliphatic carboxylic acids is 1. The van der Waals surface area contributed by atoms with Gasteiger partial charge in [0, 0.05) is 6.42 Å². The van der Waals surface area contributed by atoms with Crippen molar-refractivity contribution in [2.24, 2.45) is 5.73 Å². The maximum Gasteiger partial charge on any atom is 0.303 e. The molecular formula is C21H37NO2. The zero-order valence-corrected chi connectivity index (χ0v) is 15.6. The van der Waals surface area contributed by atoms with E-state index in [0.29, 0.717) is 0 Å². The zero-order chi connectivity index (χ0) is 18.3. The summed E-state index contributed by atoms with van der Waals surface area (Å²) in [5, 5.41) is 8.49. The molecule has 138 valence electrons. The Labute approximate surface area is 149 Å². The van der Waals surface area contributed by atoms with Gasteiger partial charge in [0.25, 0.3) is 0 Å². The first-order chi connectivity index (χ1) is 11.8. The fourth-order valence-electron chi connectivity index (χ4n) is 1.93. The Morgan fingerprint density at radius 1 is 0.750 bits per heavy atom. The number of unbranched alkanes of at least 4 members (excludes halogenated alkanes) is 4. The Kier molecular flexibility index (Phi) is 24.3. The number of carboxylic acid groups (broad SMARTS) is 1. The highest BCUT2D eigenvalue weighted by molar-refractivity contribution is 5.66. The van der Waals surface area contributed by atoms with Crippen LogP contribution in [0.1, 0.15) is 71.1 Å². The molecule has 0 atom stereocenters. The summed E-state index contributed by atoms with van der Waals surface area (Å²) in [7, 11) is 1.50. The first-order valence-corrected chi connectivity index (χ1v) is 9.17. The first-order valence-electron chi connectivity index (χ1n) is 9.17. The van der Waals surface area contributed by atoms with Gasteiger partial charge in [-0.2, -0.15) is 0 Å². The molecule has 0 aromatic heterocycles. The fraction of sp³-hybridized carbons (Fsp3) is 0.571. The molecule has 0 aliphatic carbocycles. The minimum absolute atomic E-state index is 0.262. The molecule has 0 fully saturated rings. The van der Waals surface area contributed by atoms with Gasteiger partial charge in [-0.15, -0.1) is 0 Å². The van der Waals surface area contributed by atoms with Crippen molar-refractivity contribution >= 4 is 5.97 Å². The van der Waals surface area contributed by atoms with Gasteiger partial charge >= 0.3 is 5.97 Å². The number of carboxylic acids is 1. The van der Waals surface area contributed by atoms with Crippen molar-refractivity contribution in [1.82, 2.24) is 0 Å². The summed E-state index contributed by atoms with van der Waals surface area (Å²) in [4.78, 5) is 10.3. The highest BCUT2D eigenvalue weighted by atomic mass is 16.4. The number of allylic oxidation sites excluding steroid dienone is 8. The number of rotatable bonds is 14. The van der Waals surface area contributed by atoms with E-state index < -0.39 is 5.97 Å². The van der Waals surface area contributed by atoms with Gasteiger partial charge in [-0.3, -0.25) is 4.79 Å². The van der Waals surface area contributed by atoms with Crippen LogP contribution in [-0.4, -0.2) is 18.1 Å². The summed E-state index contributed by atoms with van der Waals surface area (Å²) < 4.78 is 0. The molecular weight excluding hydrogens is 298 g/mol. The van der Waals surface area contributed by atoms with E-state index in [9.17, 15) is 4.79 Å². The van der Waals surface area contributed by atoms with Crippen LogP contribution in [-0.2, 0) is 4.79 Å². The third-order valence-electron chi connectivity index (χ3n) is 3.22. The average Bonchev–Trinajstić information content (AvgIpc) is 2.59. The predicted octanol–water partition coefficient (Wildman–Crippen LogP) is 5.79. The molecule has 0 aromatic carbocycles. The second kappa shape index (κ2) is 23.7. The maximum atomic E-state index is 10.3. The molecule has 3 heteroatoms. The Morgan fingerprint density at radius 2 is 1.17 bits per heavy atom. The smallest absolute Gasteiger partial charge is 0.303 e. The molecule has 0 aliphatic rings.